The van der Waals surface area contributed by atoms with Gasteiger partial charge >= 0.3 is 0 Å². The maximum atomic E-state index is 12.4. The molecular formula is C22H32N2O5. The standard InChI is InChI=1S/C22H32N2O5/c1-15-12-24(13-16(2)28-15)22(25)14-27-23-17(3)18-9-10-20(26-4)21(11-18)29-19-7-5-6-8-19/h9-11,15-16,19H,5-8,12-14H2,1-4H3/b23-17-. The van der Waals surface area contributed by atoms with Crippen molar-refractivity contribution in [2.24, 2.45) is 5.16 Å². The molecule has 29 heavy (non-hydrogen) atoms. The molecule has 0 N–H and O–H groups in total. The van der Waals surface area contributed by atoms with Gasteiger partial charge in [-0.25, -0.2) is 0 Å². The number of rotatable bonds is 7. The van der Waals surface area contributed by atoms with Crippen molar-refractivity contribution in [3.63, 3.8) is 0 Å². The minimum Gasteiger partial charge on any atom is -0.493 e. The lowest BCUT2D eigenvalue weighted by Crippen LogP contribution is -2.49. The Balaban J connectivity index is 1.59. The molecule has 160 valence electrons. The van der Waals surface area contributed by atoms with Crippen molar-refractivity contribution in [2.45, 2.75) is 64.8 Å². The largest absolute Gasteiger partial charge is 0.493 e. The molecule has 3 rings (SSSR count). The number of carbonyl (C=O) groups is 1. The molecule has 1 aliphatic heterocycles. The molecule has 1 aromatic carbocycles. The molecule has 1 aromatic rings. The summed E-state index contributed by atoms with van der Waals surface area (Å²) in [6.07, 6.45) is 4.86. The number of amides is 1. The van der Waals surface area contributed by atoms with Gasteiger partial charge in [0, 0.05) is 18.7 Å². The van der Waals surface area contributed by atoms with Gasteiger partial charge < -0.3 is 23.9 Å². The zero-order valence-electron chi connectivity index (χ0n) is 17.8. The third-order valence-corrected chi connectivity index (χ3v) is 5.34. The first kappa shape index (κ1) is 21.4. The number of methoxy groups -OCH3 is 1. The maximum Gasteiger partial charge on any atom is 0.263 e. The highest BCUT2D eigenvalue weighted by atomic mass is 16.6. The van der Waals surface area contributed by atoms with Crippen LogP contribution in [-0.4, -0.2) is 61.6 Å². The van der Waals surface area contributed by atoms with Crippen LogP contribution in [0.4, 0.5) is 0 Å². The second-order valence-corrected chi connectivity index (χ2v) is 7.90. The highest BCUT2D eigenvalue weighted by molar-refractivity contribution is 5.99. The molecule has 1 heterocycles. The number of hydrogen-bond acceptors (Lipinski definition) is 6. The van der Waals surface area contributed by atoms with E-state index in [2.05, 4.69) is 5.16 Å². The number of ether oxygens (including phenoxy) is 3. The maximum absolute atomic E-state index is 12.4. The van der Waals surface area contributed by atoms with Gasteiger partial charge in [-0.15, -0.1) is 0 Å². The molecule has 1 saturated heterocycles. The lowest BCUT2D eigenvalue weighted by Gasteiger charge is -2.35. The number of oxime groups is 1. The van der Waals surface area contributed by atoms with Gasteiger partial charge in [0.1, 0.15) is 0 Å². The predicted molar refractivity (Wildman–Crippen MR) is 111 cm³/mol. The smallest absolute Gasteiger partial charge is 0.263 e. The first-order valence-corrected chi connectivity index (χ1v) is 10.4. The average Bonchev–Trinajstić information content (AvgIpc) is 3.20. The summed E-state index contributed by atoms with van der Waals surface area (Å²) in [7, 11) is 1.64. The summed E-state index contributed by atoms with van der Waals surface area (Å²) in [5, 5.41) is 4.14. The van der Waals surface area contributed by atoms with E-state index in [1.807, 2.05) is 39.0 Å². The molecule has 2 atom stereocenters. The molecular weight excluding hydrogens is 372 g/mol. The Hall–Kier alpha value is -2.28. The SMILES string of the molecule is COc1ccc(/C(C)=N\OCC(=O)N2CC(C)OC(C)C2)cc1OC1CCCC1. The number of benzene rings is 1. The number of nitrogens with zero attached hydrogens (tertiary/aromatic N) is 2. The van der Waals surface area contributed by atoms with Crippen LogP contribution in [0.1, 0.15) is 52.0 Å². The van der Waals surface area contributed by atoms with Gasteiger partial charge in [-0.1, -0.05) is 5.16 Å². The van der Waals surface area contributed by atoms with E-state index in [9.17, 15) is 4.79 Å². The van der Waals surface area contributed by atoms with Crippen LogP contribution in [0, 0.1) is 0 Å². The zero-order chi connectivity index (χ0) is 20.8. The lowest BCUT2D eigenvalue weighted by molar-refractivity contribution is -0.147. The Morgan fingerprint density at radius 2 is 1.86 bits per heavy atom. The minimum absolute atomic E-state index is 0.0329. The van der Waals surface area contributed by atoms with E-state index in [1.165, 1.54) is 12.8 Å². The topological polar surface area (TPSA) is 69.6 Å². The normalized spacial score (nSPS) is 23.2. The second kappa shape index (κ2) is 9.96. The summed E-state index contributed by atoms with van der Waals surface area (Å²) in [5.74, 6) is 1.35. The van der Waals surface area contributed by atoms with E-state index in [-0.39, 0.29) is 30.8 Å². The van der Waals surface area contributed by atoms with Crippen LogP contribution in [0.3, 0.4) is 0 Å². The van der Waals surface area contributed by atoms with Crippen LogP contribution in [-0.2, 0) is 14.4 Å². The van der Waals surface area contributed by atoms with Crippen molar-refractivity contribution < 1.29 is 23.8 Å². The van der Waals surface area contributed by atoms with Gasteiger partial charge in [0.2, 0.25) is 0 Å². The molecule has 2 aliphatic rings. The van der Waals surface area contributed by atoms with Crippen LogP contribution in [0.5, 0.6) is 11.5 Å². The van der Waals surface area contributed by atoms with Crippen LogP contribution in [0.2, 0.25) is 0 Å². The van der Waals surface area contributed by atoms with Crippen LogP contribution in [0.25, 0.3) is 0 Å². The second-order valence-electron chi connectivity index (χ2n) is 7.90. The molecule has 7 heteroatoms. The van der Waals surface area contributed by atoms with Crippen molar-refractivity contribution >= 4 is 11.6 Å². The molecule has 1 aliphatic carbocycles. The van der Waals surface area contributed by atoms with Gasteiger partial charge in [0.25, 0.3) is 5.91 Å². The third kappa shape index (κ3) is 5.85. The average molecular weight is 405 g/mol. The monoisotopic (exact) mass is 404 g/mol. The molecule has 2 fully saturated rings. The van der Waals surface area contributed by atoms with Crippen LogP contribution >= 0.6 is 0 Å². The fourth-order valence-electron chi connectivity index (χ4n) is 3.89. The summed E-state index contributed by atoms with van der Waals surface area (Å²) in [6, 6.07) is 5.71. The summed E-state index contributed by atoms with van der Waals surface area (Å²) < 4.78 is 17.2. The fourth-order valence-corrected chi connectivity index (χ4v) is 3.89. The Morgan fingerprint density at radius 3 is 2.52 bits per heavy atom. The van der Waals surface area contributed by atoms with E-state index in [1.54, 1.807) is 12.0 Å². The predicted octanol–water partition coefficient (Wildman–Crippen LogP) is 3.39. The minimum atomic E-state index is -0.0850. The van der Waals surface area contributed by atoms with Crippen molar-refractivity contribution in [1.82, 2.24) is 4.90 Å². The van der Waals surface area contributed by atoms with E-state index < -0.39 is 0 Å². The molecule has 0 radical (unpaired) electrons. The van der Waals surface area contributed by atoms with E-state index in [0.29, 0.717) is 24.6 Å². The third-order valence-electron chi connectivity index (χ3n) is 5.34. The number of morpholine rings is 1. The highest BCUT2D eigenvalue weighted by Gasteiger charge is 2.26. The Morgan fingerprint density at radius 1 is 1.17 bits per heavy atom. The Labute approximate surface area is 172 Å². The van der Waals surface area contributed by atoms with Crippen LogP contribution < -0.4 is 9.47 Å². The zero-order valence-corrected chi connectivity index (χ0v) is 17.8. The quantitative estimate of drug-likeness (QED) is 0.515. The van der Waals surface area contributed by atoms with Crippen molar-refractivity contribution in [3.8, 4) is 11.5 Å². The van der Waals surface area contributed by atoms with E-state index in [0.717, 1.165) is 24.2 Å². The molecule has 2 unspecified atom stereocenters. The molecule has 0 aromatic heterocycles. The fraction of sp³-hybridized carbons (Fsp3) is 0.636. The van der Waals surface area contributed by atoms with Gasteiger partial charge in [0.15, 0.2) is 18.1 Å². The summed E-state index contributed by atoms with van der Waals surface area (Å²) in [4.78, 5) is 19.5. The number of carbonyl (C=O) groups excluding carboxylic acids is 1. The van der Waals surface area contributed by atoms with Crippen LogP contribution in [0.15, 0.2) is 23.4 Å². The molecule has 1 amide bonds. The summed E-state index contributed by atoms with van der Waals surface area (Å²) in [5.41, 5.74) is 1.56. The van der Waals surface area contributed by atoms with Gasteiger partial charge in [0.05, 0.1) is 31.1 Å². The molecule has 1 saturated carbocycles. The first-order chi connectivity index (χ1) is 14.0. The van der Waals surface area contributed by atoms with Crippen molar-refractivity contribution in [1.29, 1.82) is 0 Å². The molecule has 7 nitrogen and oxygen atoms in total. The molecule has 0 bridgehead atoms. The van der Waals surface area contributed by atoms with Gasteiger partial charge in [-0.3, -0.25) is 4.79 Å². The summed E-state index contributed by atoms with van der Waals surface area (Å²) >= 11 is 0. The first-order valence-electron chi connectivity index (χ1n) is 10.4. The van der Waals surface area contributed by atoms with E-state index in [4.69, 9.17) is 19.0 Å². The highest BCUT2D eigenvalue weighted by Crippen LogP contribution is 2.32. The number of hydrogen-bond donors (Lipinski definition) is 0. The lowest BCUT2D eigenvalue weighted by atomic mass is 10.1. The van der Waals surface area contributed by atoms with Crippen molar-refractivity contribution in [2.75, 3.05) is 26.8 Å². The molecule has 0 spiro atoms. The summed E-state index contributed by atoms with van der Waals surface area (Å²) in [6.45, 7) is 6.86. The van der Waals surface area contributed by atoms with E-state index >= 15 is 0 Å². The van der Waals surface area contributed by atoms with Gasteiger partial charge in [-0.05, 0) is 64.7 Å². The Bertz CT molecular complexity index is 720. The van der Waals surface area contributed by atoms with Crippen molar-refractivity contribution in [3.05, 3.63) is 23.8 Å². The van der Waals surface area contributed by atoms with Gasteiger partial charge in [-0.2, -0.15) is 0 Å². The Kier molecular flexibility index (Phi) is 7.36.